The molecule has 2 amide bonds. The highest BCUT2D eigenvalue weighted by molar-refractivity contribution is 7.91. The largest absolute Gasteiger partial charge is 0.496 e. The lowest BCUT2D eigenvalue weighted by molar-refractivity contribution is 0.234. The summed E-state index contributed by atoms with van der Waals surface area (Å²) in [5, 5.41) is 5.10. The third-order valence-electron chi connectivity index (χ3n) is 3.31. The Hall–Kier alpha value is -2.68. The molecule has 25 heavy (non-hydrogen) atoms. The molecule has 0 fully saturated rings. The van der Waals surface area contributed by atoms with Crippen LogP contribution in [0, 0.1) is 0 Å². The van der Waals surface area contributed by atoms with Crippen molar-refractivity contribution in [1.29, 1.82) is 0 Å². The van der Waals surface area contributed by atoms with Crippen LogP contribution in [0.2, 0.25) is 0 Å². The summed E-state index contributed by atoms with van der Waals surface area (Å²) < 4.78 is 52.7. The van der Waals surface area contributed by atoms with Gasteiger partial charge in [0.25, 0.3) is 0 Å². The van der Waals surface area contributed by atoms with Crippen LogP contribution in [0.5, 0.6) is 5.75 Å². The van der Waals surface area contributed by atoms with E-state index in [0.29, 0.717) is 5.75 Å². The number of nitrogens with one attached hydrogen (secondary N) is 2. The molecule has 0 aliphatic rings. The van der Waals surface area contributed by atoms with E-state index in [9.17, 15) is 22.0 Å². The van der Waals surface area contributed by atoms with Crippen LogP contribution in [-0.2, 0) is 16.4 Å². The summed E-state index contributed by atoms with van der Waals surface area (Å²) in [6.07, 6.45) is 0. The number of rotatable bonds is 6. The fraction of sp³-hybridized carbons (Fsp3) is 0.188. The van der Waals surface area contributed by atoms with Gasteiger partial charge in [-0.15, -0.1) is 0 Å². The maximum absolute atomic E-state index is 12.5. The molecule has 2 rings (SSSR count). The lowest BCUT2D eigenvalue weighted by Crippen LogP contribution is -2.28. The Labute approximate surface area is 143 Å². The first-order valence-corrected chi connectivity index (χ1v) is 8.68. The van der Waals surface area contributed by atoms with E-state index in [0.717, 1.165) is 17.7 Å². The quantitative estimate of drug-likeness (QED) is 0.819. The summed E-state index contributed by atoms with van der Waals surface area (Å²) in [5.41, 5.74) is 1.05. The van der Waals surface area contributed by atoms with Crippen LogP contribution < -0.4 is 15.4 Å². The fourth-order valence-electron chi connectivity index (χ4n) is 2.03. The minimum atomic E-state index is -4.65. The van der Waals surface area contributed by atoms with E-state index < -0.39 is 26.5 Å². The Morgan fingerprint density at radius 1 is 1.12 bits per heavy atom. The van der Waals surface area contributed by atoms with Crippen molar-refractivity contribution >= 4 is 21.6 Å². The number of methoxy groups -OCH3 is 1. The zero-order chi connectivity index (χ0) is 18.4. The summed E-state index contributed by atoms with van der Waals surface area (Å²) in [4.78, 5) is 11.4. The predicted octanol–water partition coefficient (Wildman–Crippen LogP) is 3.01. The first-order valence-electron chi connectivity index (χ1n) is 7.13. The number of para-hydroxylation sites is 1. The monoisotopic (exact) mass is 370 g/mol. The van der Waals surface area contributed by atoms with Crippen molar-refractivity contribution in [2.45, 2.75) is 17.2 Å². The minimum absolute atomic E-state index is 0.216. The van der Waals surface area contributed by atoms with Crippen LogP contribution in [0.4, 0.5) is 19.3 Å². The topological polar surface area (TPSA) is 84.5 Å². The molecule has 0 bridgehead atoms. The second kappa shape index (κ2) is 7.93. The lowest BCUT2D eigenvalue weighted by Gasteiger charge is -2.11. The molecule has 2 aromatic carbocycles. The normalized spacial score (nSPS) is 11.2. The molecule has 0 saturated heterocycles. The predicted molar refractivity (Wildman–Crippen MR) is 88.5 cm³/mol. The van der Waals surface area contributed by atoms with Gasteiger partial charge in [-0.2, -0.15) is 8.78 Å². The zero-order valence-electron chi connectivity index (χ0n) is 13.2. The number of sulfone groups is 1. The molecule has 0 atom stereocenters. The fourth-order valence-corrected chi connectivity index (χ4v) is 2.75. The van der Waals surface area contributed by atoms with Gasteiger partial charge in [-0.05, 0) is 30.3 Å². The number of ether oxygens (including phenoxy) is 1. The van der Waals surface area contributed by atoms with Crippen molar-refractivity contribution < 1.29 is 26.7 Å². The van der Waals surface area contributed by atoms with E-state index in [-0.39, 0.29) is 12.2 Å². The second-order valence-electron chi connectivity index (χ2n) is 4.95. The number of urea groups is 1. The molecule has 2 aromatic rings. The van der Waals surface area contributed by atoms with E-state index in [1.807, 2.05) is 0 Å². The van der Waals surface area contributed by atoms with E-state index in [1.54, 1.807) is 24.3 Å². The summed E-state index contributed by atoms with van der Waals surface area (Å²) in [6.45, 7) is 0.216. The van der Waals surface area contributed by atoms with Crippen molar-refractivity contribution in [2.24, 2.45) is 0 Å². The Morgan fingerprint density at radius 2 is 1.76 bits per heavy atom. The lowest BCUT2D eigenvalue weighted by atomic mass is 10.2. The third kappa shape index (κ3) is 4.66. The number of anilines is 1. The zero-order valence-corrected chi connectivity index (χ0v) is 14.0. The average molecular weight is 370 g/mol. The molecule has 0 unspecified atom stereocenters. The van der Waals surface area contributed by atoms with E-state index in [2.05, 4.69) is 10.6 Å². The summed E-state index contributed by atoms with van der Waals surface area (Å²) in [7, 11) is -3.13. The van der Waals surface area contributed by atoms with Crippen molar-refractivity contribution in [2.75, 3.05) is 12.4 Å². The third-order valence-corrected chi connectivity index (χ3v) is 4.71. The molecule has 134 valence electrons. The van der Waals surface area contributed by atoms with Crippen LogP contribution >= 0.6 is 0 Å². The SMILES string of the molecule is COc1ccccc1CNC(=O)Nc1ccc(S(=O)(=O)C(F)F)cc1. The van der Waals surface area contributed by atoms with Crippen LogP contribution in [-0.4, -0.2) is 27.3 Å². The standard InChI is InChI=1S/C16H16F2N2O4S/c1-24-14-5-3-2-4-11(14)10-19-16(21)20-12-6-8-13(9-7-12)25(22,23)15(17)18/h2-9,15H,10H2,1H3,(H2,19,20,21). The van der Waals surface area contributed by atoms with Gasteiger partial charge in [-0.1, -0.05) is 18.2 Å². The summed E-state index contributed by atoms with van der Waals surface area (Å²) in [5.74, 6) is -2.86. The molecule has 0 radical (unpaired) electrons. The van der Waals surface area contributed by atoms with E-state index >= 15 is 0 Å². The highest BCUT2D eigenvalue weighted by Crippen LogP contribution is 2.20. The molecule has 0 aliphatic carbocycles. The van der Waals surface area contributed by atoms with Crippen molar-refractivity contribution in [3.63, 3.8) is 0 Å². The number of hydrogen-bond donors (Lipinski definition) is 2. The molecule has 0 saturated carbocycles. The van der Waals surface area contributed by atoms with Crippen LogP contribution in [0.25, 0.3) is 0 Å². The maximum atomic E-state index is 12.5. The highest BCUT2D eigenvalue weighted by atomic mass is 32.2. The number of halogens is 2. The highest BCUT2D eigenvalue weighted by Gasteiger charge is 2.26. The minimum Gasteiger partial charge on any atom is -0.496 e. The van der Waals surface area contributed by atoms with Gasteiger partial charge in [0.15, 0.2) is 0 Å². The molecule has 0 spiro atoms. The van der Waals surface area contributed by atoms with Crippen LogP contribution in [0.3, 0.4) is 0 Å². The summed E-state index contributed by atoms with van der Waals surface area (Å²) in [6, 6.07) is 11.1. The Bertz CT molecular complexity index is 839. The van der Waals surface area contributed by atoms with Gasteiger partial charge < -0.3 is 15.4 Å². The molecular formula is C16H16F2N2O4S. The Balaban J connectivity index is 1.97. The first-order chi connectivity index (χ1) is 11.8. The Kier molecular flexibility index (Phi) is 5.92. The van der Waals surface area contributed by atoms with Crippen molar-refractivity contribution in [1.82, 2.24) is 5.32 Å². The van der Waals surface area contributed by atoms with Gasteiger partial charge in [-0.25, -0.2) is 13.2 Å². The van der Waals surface area contributed by atoms with Crippen LogP contribution in [0.15, 0.2) is 53.4 Å². The van der Waals surface area contributed by atoms with Crippen molar-refractivity contribution in [3.05, 3.63) is 54.1 Å². The summed E-state index contributed by atoms with van der Waals surface area (Å²) >= 11 is 0. The molecule has 9 heteroatoms. The van der Waals surface area contributed by atoms with Gasteiger partial charge >= 0.3 is 11.8 Å². The Morgan fingerprint density at radius 3 is 2.36 bits per heavy atom. The van der Waals surface area contributed by atoms with Gasteiger partial charge in [0.2, 0.25) is 9.84 Å². The molecular weight excluding hydrogens is 354 g/mol. The van der Waals surface area contributed by atoms with E-state index in [4.69, 9.17) is 4.74 Å². The number of carbonyl (C=O) groups is 1. The van der Waals surface area contributed by atoms with Crippen molar-refractivity contribution in [3.8, 4) is 5.75 Å². The van der Waals surface area contributed by atoms with Crippen LogP contribution in [0.1, 0.15) is 5.56 Å². The first kappa shape index (κ1) is 18.7. The molecule has 0 heterocycles. The number of hydrogen-bond acceptors (Lipinski definition) is 4. The van der Waals surface area contributed by atoms with Gasteiger partial charge in [0.1, 0.15) is 5.75 Å². The molecule has 0 aromatic heterocycles. The molecule has 2 N–H and O–H groups in total. The number of carbonyl (C=O) groups excluding carboxylic acids is 1. The van der Waals surface area contributed by atoms with Gasteiger partial charge in [-0.3, -0.25) is 0 Å². The maximum Gasteiger partial charge on any atom is 0.341 e. The average Bonchev–Trinajstić information content (AvgIpc) is 2.60. The number of amides is 2. The smallest absolute Gasteiger partial charge is 0.341 e. The number of alkyl halides is 2. The van der Waals surface area contributed by atoms with E-state index in [1.165, 1.54) is 19.2 Å². The van der Waals surface area contributed by atoms with Gasteiger partial charge in [0, 0.05) is 17.8 Å². The molecule has 6 nitrogen and oxygen atoms in total. The second-order valence-corrected chi connectivity index (χ2v) is 6.87. The van der Waals surface area contributed by atoms with Gasteiger partial charge in [0.05, 0.1) is 12.0 Å². The molecule has 0 aliphatic heterocycles. The number of benzene rings is 2.